The first-order valence-corrected chi connectivity index (χ1v) is 11.1. The monoisotopic (exact) mass is 446 g/mol. The van der Waals surface area contributed by atoms with Crippen LogP contribution in [0.15, 0.2) is 36.4 Å². The fourth-order valence-electron chi connectivity index (χ4n) is 3.43. The third-order valence-corrected chi connectivity index (χ3v) is 4.94. The maximum atomic E-state index is 13.3. The van der Waals surface area contributed by atoms with Gasteiger partial charge in [0.25, 0.3) is 5.91 Å². The summed E-state index contributed by atoms with van der Waals surface area (Å²) < 4.78 is 0. The van der Waals surface area contributed by atoms with Crippen LogP contribution in [0.2, 0.25) is 0 Å². The van der Waals surface area contributed by atoms with Crippen LogP contribution in [0.5, 0.6) is 0 Å². The largest absolute Gasteiger partial charge is 0.320 e. The van der Waals surface area contributed by atoms with E-state index in [-0.39, 0.29) is 18.3 Å². The van der Waals surface area contributed by atoms with Crippen molar-refractivity contribution in [1.82, 2.24) is 15.9 Å². The smallest absolute Gasteiger partial charge is 0.257 e. The fourth-order valence-corrected chi connectivity index (χ4v) is 3.43. The number of nitrogens with zero attached hydrogens (tertiary/aromatic N) is 1. The molecule has 0 aliphatic carbocycles. The van der Waals surface area contributed by atoms with E-state index in [4.69, 9.17) is 5.73 Å². The minimum Gasteiger partial charge on any atom is -0.320 e. The number of nitrogens with two attached hydrogens (primary N) is 1. The molecule has 1 rings (SSSR count). The van der Waals surface area contributed by atoms with Crippen molar-refractivity contribution >= 4 is 23.8 Å². The molecule has 0 aliphatic heterocycles. The molecule has 0 aliphatic rings. The zero-order valence-corrected chi connectivity index (χ0v) is 19.7. The summed E-state index contributed by atoms with van der Waals surface area (Å²) in [7, 11) is 0. The summed E-state index contributed by atoms with van der Waals surface area (Å²) >= 11 is 0. The average molecular weight is 447 g/mol. The third-order valence-electron chi connectivity index (χ3n) is 4.94. The minimum absolute atomic E-state index is 0.104. The Morgan fingerprint density at radius 2 is 1.62 bits per heavy atom. The number of carbonyl (C=O) groups excluding carboxylic acids is 3. The van der Waals surface area contributed by atoms with Gasteiger partial charge < -0.3 is 5.73 Å². The number of rotatable bonds is 11. The minimum atomic E-state index is -0.811. The lowest BCUT2D eigenvalue weighted by molar-refractivity contribution is -0.148. The van der Waals surface area contributed by atoms with Crippen molar-refractivity contribution in [2.75, 3.05) is 6.54 Å². The molecule has 1 aromatic rings. The fraction of sp³-hybridized carbons (Fsp3) is 0.542. The van der Waals surface area contributed by atoms with Crippen molar-refractivity contribution in [2.45, 2.75) is 53.5 Å². The van der Waals surface area contributed by atoms with E-state index < -0.39 is 35.6 Å². The van der Waals surface area contributed by atoms with Crippen LogP contribution >= 0.6 is 0 Å². The summed E-state index contributed by atoms with van der Waals surface area (Å²) in [6.45, 7) is 9.61. The van der Waals surface area contributed by atoms with Crippen LogP contribution < -0.4 is 16.6 Å². The van der Waals surface area contributed by atoms with Crippen LogP contribution in [0.1, 0.15) is 53.0 Å². The molecule has 1 aromatic carbocycles. The standard InChI is InChI=1S/C24H38N4O4/c1-16(2)14-21(22(29)26-28(15-17(3)4)24(31)18(5)25)20(23(30)27-32)13-9-12-19-10-7-6-8-11-19/h6-12,16-18,20-21,32H,13-15,25H2,1-5H3,(H,26,29)(H,27,30)/t18-,20+,21+/m1/s1. The van der Waals surface area contributed by atoms with Crippen LogP contribution in [-0.2, 0) is 14.4 Å². The highest BCUT2D eigenvalue weighted by molar-refractivity contribution is 5.89. The Morgan fingerprint density at radius 3 is 2.12 bits per heavy atom. The highest BCUT2D eigenvalue weighted by Gasteiger charge is 2.35. The first kappa shape index (κ1) is 27.3. The van der Waals surface area contributed by atoms with Crippen molar-refractivity contribution < 1.29 is 19.6 Å². The average Bonchev–Trinajstić information content (AvgIpc) is 2.74. The molecule has 0 fully saturated rings. The molecule has 178 valence electrons. The van der Waals surface area contributed by atoms with Gasteiger partial charge in [0.2, 0.25) is 11.8 Å². The van der Waals surface area contributed by atoms with Gasteiger partial charge in [-0.2, -0.15) is 0 Å². The molecule has 5 N–H and O–H groups in total. The van der Waals surface area contributed by atoms with Gasteiger partial charge in [0.05, 0.1) is 17.9 Å². The lowest BCUT2D eigenvalue weighted by Gasteiger charge is -2.31. The van der Waals surface area contributed by atoms with E-state index in [1.165, 1.54) is 5.01 Å². The Morgan fingerprint density at radius 1 is 1.00 bits per heavy atom. The van der Waals surface area contributed by atoms with E-state index in [1.54, 1.807) is 12.4 Å². The Balaban J connectivity index is 3.13. The highest BCUT2D eigenvalue weighted by atomic mass is 16.5. The number of hydrogen-bond acceptors (Lipinski definition) is 5. The number of hydrogen-bond donors (Lipinski definition) is 4. The topological polar surface area (TPSA) is 125 Å². The number of nitrogens with one attached hydrogen (secondary N) is 2. The Kier molecular flexibility index (Phi) is 11.7. The molecule has 8 nitrogen and oxygen atoms in total. The molecule has 8 heteroatoms. The van der Waals surface area contributed by atoms with Crippen molar-refractivity contribution in [3.63, 3.8) is 0 Å². The maximum absolute atomic E-state index is 13.3. The van der Waals surface area contributed by atoms with Gasteiger partial charge in [-0.05, 0) is 37.2 Å². The number of hydroxylamine groups is 1. The van der Waals surface area contributed by atoms with Gasteiger partial charge in [0, 0.05) is 6.54 Å². The SMILES string of the molecule is CC(C)C[C@H](C(=O)NN(CC(C)C)C(=O)[C@@H](C)N)[C@H](CC=Cc1ccccc1)C(=O)NO. The summed E-state index contributed by atoms with van der Waals surface area (Å²) in [5.74, 6) is -2.84. The van der Waals surface area contributed by atoms with E-state index in [0.29, 0.717) is 13.0 Å². The summed E-state index contributed by atoms with van der Waals surface area (Å²) in [6, 6.07) is 8.81. The zero-order valence-electron chi connectivity index (χ0n) is 19.7. The second-order valence-electron chi connectivity index (χ2n) is 8.97. The Bertz CT molecular complexity index is 763. The molecule has 32 heavy (non-hydrogen) atoms. The van der Waals surface area contributed by atoms with Crippen LogP contribution in [0.25, 0.3) is 6.08 Å². The quantitative estimate of drug-likeness (QED) is 0.307. The molecule has 0 spiro atoms. The van der Waals surface area contributed by atoms with Crippen LogP contribution in [0.4, 0.5) is 0 Å². The van der Waals surface area contributed by atoms with Gasteiger partial charge in [-0.15, -0.1) is 0 Å². The van der Waals surface area contributed by atoms with Gasteiger partial charge in [0.15, 0.2) is 0 Å². The molecule has 0 saturated heterocycles. The van der Waals surface area contributed by atoms with E-state index in [9.17, 15) is 19.6 Å². The van der Waals surface area contributed by atoms with Crippen molar-refractivity contribution in [2.24, 2.45) is 29.4 Å². The van der Waals surface area contributed by atoms with Crippen molar-refractivity contribution in [1.29, 1.82) is 0 Å². The van der Waals surface area contributed by atoms with Gasteiger partial charge in [-0.25, -0.2) is 5.48 Å². The second-order valence-corrected chi connectivity index (χ2v) is 8.97. The molecule has 0 unspecified atom stereocenters. The van der Waals surface area contributed by atoms with E-state index in [0.717, 1.165) is 5.56 Å². The Labute approximate surface area is 191 Å². The van der Waals surface area contributed by atoms with Crippen LogP contribution in [-0.4, -0.2) is 40.5 Å². The van der Waals surface area contributed by atoms with Gasteiger partial charge in [-0.3, -0.25) is 30.0 Å². The molecular formula is C24H38N4O4. The number of hydrazine groups is 1. The molecular weight excluding hydrogens is 408 g/mol. The molecule has 3 atom stereocenters. The normalized spacial score (nSPS) is 14.3. The molecule has 3 amide bonds. The van der Waals surface area contributed by atoms with E-state index in [2.05, 4.69) is 5.43 Å². The van der Waals surface area contributed by atoms with E-state index in [1.807, 2.05) is 70.2 Å². The summed E-state index contributed by atoms with van der Waals surface area (Å²) in [6.07, 6.45) is 4.34. The zero-order chi connectivity index (χ0) is 24.3. The maximum Gasteiger partial charge on any atom is 0.257 e. The summed E-state index contributed by atoms with van der Waals surface area (Å²) in [5.41, 5.74) is 11.1. The molecule has 0 heterocycles. The molecule has 0 saturated carbocycles. The predicted octanol–water partition coefficient (Wildman–Crippen LogP) is 2.74. The third kappa shape index (κ3) is 9.20. The highest BCUT2D eigenvalue weighted by Crippen LogP contribution is 2.25. The molecule has 0 aromatic heterocycles. The predicted molar refractivity (Wildman–Crippen MR) is 125 cm³/mol. The number of allylic oxidation sites excluding steroid dienone is 1. The van der Waals surface area contributed by atoms with Gasteiger partial charge in [0.1, 0.15) is 0 Å². The Hall–Kier alpha value is -2.71. The number of amides is 3. The second kappa shape index (κ2) is 13.6. The first-order valence-electron chi connectivity index (χ1n) is 11.1. The summed E-state index contributed by atoms with van der Waals surface area (Å²) in [5, 5.41) is 10.5. The van der Waals surface area contributed by atoms with Gasteiger partial charge in [-0.1, -0.05) is 70.2 Å². The van der Waals surface area contributed by atoms with Crippen molar-refractivity contribution in [3.05, 3.63) is 42.0 Å². The molecule has 0 bridgehead atoms. The van der Waals surface area contributed by atoms with Gasteiger partial charge >= 0.3 is 0 Å². The first-order chi connectivity index (χ1) is 15.1. The number of benzene rings is 1. The van der Waals surface area contributed by atoms with Crippen LogP contribution in [0, 0.1) is 23.7 Å². The number of carbonyl (C=O) groups is 3. The van der Waals surface area contributed by atoms with Crippen molar-refractivity contribution in [3.8, 4) is 0 Å². The lowest BCUT2D eigenvalue weighted by Crippen LogP contribution is -2.55. The van der Waals surface area contributed by atoms with Crippen LogP contribution in [0.3, 0.4) is 0 Å². The molecule has 0 radical (unpaired) electrons. The lowest BCUT2D eigenvalue weighted by atomic mass is 9.82. The summed E-state index contributed by atoms with van der Waals surface area (Å²) in [4.78, 5) is 38.3. The van der Waals surface area contributed by atoms with E-state index >= 15 is 0 Å².